The third-order valence-corrected chi connectivity index (χ3v) is 1.90. The van der Waals surface area contributed by atoms with Gasteiger partial charge >= 0.3 is 12.1 Å². The van der Waals surface area contributed by atoms with Gasteiger partial charge in [0, 0.05) is 7.05 Å². The lowest BCUT2D eigenvalue weighted by Gasteiger charge is -2.15. The van der Waals surface area contributed by atoms with Crippen molar-refractivity contribution in [3.8, 4) is 0 Å². The molecule has 94 valence electrons. The lowest BCUT2D eigenvalue weighted by molar-refractivity contribution is -0.144. The molecule has 0 aliphatic heterocycles. The number of carbonyl (C=O) groups excluding carboxylic acids is 2. The minimum absolute atomic E-state index is 0.106. The topological polar surface area (TPSA) is 55.8 Å². The number of unbranched alkanes of at least 4 members (excludes halogenated alkanes) is 1. The molecule has 0 bridgehead atoms. The maximum absolute atomic E-state index is 11.2. The first-order valence-electron chi connectivity index (χ1n) is 5.21. The molecule has 0 aliphatic rings. The van der Waals surface area contributed by atoms with E-state index in [2.05, 4.69) is 0 Å². The first kappa shape index (κ1) is 15.0. The van der Waals surface area contributed by atoms with Crippen LogP contribution in [-0.2, 0) is 14.3 Å². The number of rotatable bonds is 7. The molecule has 16 heavy (non-hydrogen) atoms. The Morgan fingerprint density at radius 3 is 2.50 bits per heavy atom. The summed E-state index contributed by atoms with van der Waals surface area (Å²) in [6.07, 6.45) is 1.21. The summed E-state index contributed by atoms with van der Waals surface area (Å²) in [5.41, 5.74) is 0. The number of carbonyl (C=O) groups is 2. The number of ether oxygens (including phenoxy) is 2. The highest BCUT2D eigenvalue weighted by Crippen LogP contribution is 1.94. The van der Waals surface area contributed by atoms with Crippen molar-refractivity contribution in [2.45, 2.75) is 19.8 Å². The molecule has 0 radical (unpaired) electrons. The van der Waals surface area contributed by atoms with Crippen molar-refractivity contribution >= 4 is 23.7 Å². The van der Waals surface area contributed by atoms with E-state index in [9.17, 15) is 9.59 Å². The maximum Gasteiger partial charge on any atom is 0.410 e. The summed E-state index contributed by atoms with van der Waals surface area (Å²) in [5.74, 6) is -0.195. The molecule has 0 spiro atoms. The molecule has 0 aromatic heterocycles. The summed E-state index contributed by atoms with van der Waals surface area (Å²) in [6.45, 7) is 2.42. The van der Waals surface area contributed by atoms with E-state index in [0.29, 0.717) is 6.61 Å². The van der Waals surface area contributed by atoms with E-state index in [-0.39, 0.29) is 19.0 Å². The number of alkyl halides is 1. The first-order valence-corrected chi connectivity index (χ1v) is 5.74. The van der Waals surface area contributed by atoms with E-state index >= 15 is 0 Å². The highest BCUT2D eigenvalue weighted by atomic mass is 35.5. The van der Waals surface area contributed by atoms with Gasteiger partial charge in [-0.15, -0.1) is 11.6 Å². The van der Waals surface area contributed by atoms with Crippen molar-refractivity contribution in [3.05, 3.63) is 0 Å². The summed E-state index contributed by atoms with van der Waals surface area (Å²) in [5, 5.41) is 0. The Morgan fingerprint density at radius 1 is 1.25 bits per heavy atom. The van der Waals surface area contributed by atoms with Gasteiger partial charge in [-0.1, -0.05) is 13.3 Å². The Balaban J connectivity index is 3.71. The molecule has 1 amide bonds. The number of halogens is 1. The number of hydrogen-bond acceptors (Lipinski definition) is 4. The Labute approximate surface area is 101 Å². The quantitative estimate of drug-likeness (QED) is 0.392. The summed E-state index contributed by atoms with van der Waals surface area (Å²) >= 11 is 5.35. The molecule has 0 fully saturated rings. The second-order valence-electron chi connectivity index (χ2n) is 3.23. The normalized spacial score (nSPS) is 9.69. The van der Waals surface area contributed by atoms with Crippen LogP contribution >= 0.6 is 11.6 Å². The van der Waals surface area contributed by atoms with E-state index in [1.165, 1.54) is 7.05 Å². The van der Waals surface area contributed by atoms with E-state index in [4.69, 9.17) is 21.1 Å². The van der Waals surface area contributed by atoms with Gasteiger partial charge in [0.1, 0.15) is 13.2 Å². The predicted molar refractivity (Wildman–Crippen MR) is 60.6 cm³/mol. The van der Waals surface area contributed by atoms with Crippen LogP contribution in [0.3, 0.4) is 0 Å². The van der Waals surface area contributed by atoms with Crippen LogP contribution in [0.5, 0.6) is 0 Å². The summed E-state index contributed by atoms with van der Waals surface area (Å²) in [4.78, 5) is 23.6. The Morgan fingerprint density at radius 2 is 1.94 bits per heavy atom. The number of amides is 1. The molecule has 6 heteroatoms. The fourth-order valence-corrected chi connectivity index (χ4v) is 0.947. The molecule has 0 unspecified atom stereocenters. The van der Waals surface area contributed by atoms with Crippen LogP contribution < -0.4 is 0 Å². The number of hydrogen-bond donors (Lipinski definition) is 0. The smallest absolute Gasteiger partial charge is 0.410 e. The van der Waals surface area contributed by atoms with Crippen molar-refractivity contribution in [3.63, 3.8) is 0 Å². The standard InChI is InChI=1S/C10H18ClNO4/c1-3-4-6-15-9(13)8-12(2)10(14)16-7-5-11/h3-8H2,1-2H3. The monoisotopic (exact) mass is 251 g/mol. The average Bonchev–Trinajstić information content (AvgIpc) is 2.26. The Bertz CT molecular complexity index is 223. The third-order valence-electron chi connectivity index (χ3n) is 1.74. The number of likely N-dealkylation sites (N-methyl/N-ethyl adjacent to an activating group) is 1. The SMILES string of the molecule is CCCCOC(=O)CN(C)C(=O)OCCCl. The van der Waals surface area contributed by atoms with Crippen molar-refractivity contribution < 1.29 is 19.1 Å². The minimum Gasteiger partial charge on any atom is -0.464 e. The second-order valence-corrected chi connectivity index (χ2v) is 3.61. The maximum atomic E-state index is 11.2. The second kappa shape index (κ2) is 9.27. The van der Waals surface area contributed by atoms with Crippen molar-refractivity contribution in [1.82, 2.24) is 4.90 Å². The van der Waals surface area contributed by atoms with Gasteiger partial charge in [0.25, 0.3) is 0 Å². The number of nitrogens with zero attached hydrogens (tertiary/aromatic N) is 1. The average molecular weight is 252 g/mol. The predicted octanol–water partition coefficient (Wildman–Crippen LogP) is 1.64. The zero-order valence-corrected chi connectivity index (χ0v) is 10.5. The van der Waals surface area contributed by atoms with Gasteiger partial charge in [-0.3, -0.25) is 4.79 Å². The van der Waals surface area contributed by atoms with E-state index < -0.39 is 12.1 Å². The van der Waals surface area contributed by atoms with Crippen molar-refractivity contribution in [1.29, 1.82) is 0 Å². The lowest BCUT2D eigenvalue weighted by Crippen LogP contribution is -2.33. The highest BCUT2D eigenvalue weighted by molar-refractivity contribution is 6.18. The summed E-state index contributed by atoms with van der Waals surface area (Å²) in [6, 6.07) is 0. The van der Waals surface area contributed by atoms with Crippen LogP contribution in [0.1, 0.15) is 19.8 Å². The molecule has 0 aliphatic carbocycles. The fraction of sp³-hybridized carbons (Fsp3) is 0.800. The van der Waals surface area contributed by atoms with Crippen LogP contribution in [0.15, 0.2) is 0 Å². The molecule has 0 aromatic rings. The van der Waals surface area contributed by atoms with Crippen molar-refractivity contribution in [2.75, 3.05) is 32.7 Å². The van der Waals surface area contributed by atoms with E-state index in [0.717, 1.165) is 17.7 Å². The fourth-order valence-electron chi connectivity index (χ4n) is 0.870. The van der Waals surface area contributed by atoms with Gasteiger partial charge < -0.3 is 14.4 Å². The van der Waals surface area contributed by atoms with Crippen LogP contribution in [0, 0.1) is 0 Å². The van der Waals surface area contributed by atoms with Crippen LogP contribution in [0.2, 0.25) is 0 Å². The molecular formula is C10H18ClNO4. The molecule has 5 nitrogen and oxygen atoms in total. The van der Waals surface area contributed by atoms with Crippen molar-refractivity contribution in [2.24, 2.45) is 0 Å². The molecular weight excluding hydrogens is 234 g/mol. The summed E-state index contributed by atoms with van der Waals surface area (Å²) < 4.78 is 9.62. The zero-order valence-electron chi connectivity index (χ0n) is 9.70. The van der Waals surface area contributed by atoms with Crippen LogP contribution in [-0.4, -0.2) is 49.6 Å². The van der Waals surface area contributed by atoms with Gasteiger partial charge in [-0.25, -0.2) is 4.79 Å². The molecule has 0 aromatic carbocycles. The molecule has 0 atom stereocenters. The zero-order chi connectivity index (χ0) is 12.4. The van der Waals surface area contributed by atoms with Gasteiger partial charge in [0.15, 0.2) is 0 Å². The number of esters is 1. The molecule has 0 N–H and O–H groups in total. The summed E-state index contributed by atoms with van der Waals surface area (Å²) in [7, 11) is 1.47. The molecule has 0 heterocycles. The van der Waals surface area contributed by atoms with E-state index in [1.54, 1.807) is 0 Å². The van der Waals surface area contributed by atoms with Gasteiger partial charge in [-0.05, 0) is 6.42 Å². The highest BCUT2D eigenvalue weighted by Gasteiger charge is 2.14. The van der Waals surface area contributed by atoms with Crippen LogP contribution in [0.4, 0.5) is 4.79 Å². The first-order chi connectivity index (χ1) is 7.61. The van der Waals surface area contributed by atoms with E-state index in [1.807, 2.05) is 6.92 Å². The molecule has 0 saturated heterocycles. The lowest BCUT2D eigenvalue weighted by atomic mass is 10.4. The van der Waals surface area contributed by atoms with Crippen LogP contribution in [0.25, 0.3) is 0 Å². The third kappa shape index (κ3) is 7.34. The van der Waals surface area contributed by atoms with Gasteiger partial charge in [0.05, 0.1) is 12.5 Å². The molecule has 0 rings (SSSR count). The molecule has 0 saturated carbocycles. The van der Waals surface area contributed by atoms with Gasteiger partial charge in [-0.2, -0.15) is 0 Å². The largest absolute Gasteiger partial charge is 0.464 e. The van der Waals surface area contributed by atoms with Gasteiger partial charge in [0.2, 0.25) is 0 Å². The minimum atomic E-state index is -0.576. The Kier molecular flexibility index (Phi) is 8.71. The Hall–Kier alpha value is -0.970.